The predicted molar refractivity (Wildman–Crippen MR) is 102 cm³/mol. The molecule has 1 heterocycles. The first-order valence-electron chi connectivity index (χ1n) is 8.11. The number of hydrogen-bond donors (Lipinski definition) is 0. The fraction of sp³-hybridized carbons (Fsp3) is 0.278. The Kier molecular flexibility index (Phi) is 5.64. The van der Waals surface area contributed by atoms with E-state index in [1.165, 1.54) is 4.31 Å². The van der Waals surface area contributed by atoms with Crippen LogP contribution in [0.1, 0.15) is 10.4 Å². The van der Waals surface area contributed by atoms with Gasteiger partial charge >= 0.3 is 0 Å². The molecular weight excluding hydrogens is 420 g/mol. The topological polar surface area (TPSA) is 66.9 Å². The first kappa shape index (κ1) is 18.9. The number of halogens is 1. The number of sulfonamides is 1. The van der Waals surface area contributed by atoms with E-state index in [1.54, 1.807) is 60.5 Å². The van der Waals surface area contributed by atoms with Gasteiger partial charge in [-0.15, -0.1) is 0 Å². The zero-order valence-corrected chi connectivity index (χ0v) is 16.7. The van der Waals surface area contributed by atoms with Gasteiger partial charge in [0, 0.05) is 36.2 Å². The van der Waals surface area contributed by atoms with Gasteiger partial charge in [0.15, 0.2) is 0 Å². The van der Waals surface area contributed by atoms with Crippen LogP contribution in [0.4, 0.5) is 0 Å². The van der Waals surface area contributed by atoms with Crippen molar-refractivity contribution in [2.24, 2.45) is 0 Å². The molecule has 0 unspecified atom stereocenters. The number of carbonyl (C=O) groups is 1. The van der Waals surface area contributed by atoms with Crippen LogP contribution in [-0.2, 0) is 10.0 Å². The van der Waals surface area contributed by atoms with Crippen molar-refractivity contribution < 1.29 is 17.9 Å². The van der Waals surface area contributed by atoms with Gasteiger partial charge < -0.3 is 9.64 Å². The lowest BCUT2D eigenvalue weighted by Crippen LogP contribution is -2.50. The highest BCUT2D eigenvalue weighted by Crippen LogP contribution is 2.22. The number of hydrogen-bond acceptors (Lipinski definition) is 4. The van der Waals surface area contributed by atoms with E-state index in [0.717, 1.165) is 0 Å². The van der Waals surface area contributed by atoms with E-state index in [-0.39, 0.29) is 23.9 Å². The molecule has 6 nitrogen and oxygen atoms in total. The molecule has 1 saturated heterocycles. The monoisotopic (exact) mass is 438 g/mol. The summed E-state index contributed by atoms with van der Waals surface area (Å²) in [4.78, 5) is 14.6. The second-order valence-electron chi connectivity index (χ2n) is 5.89. The Hall–Kier alpha value is -1.90. The lowest BCUT2D eigenvalue weighted by molar-refractivity contribution is 0.0697. The lowest BCUT2D eigenvalue weighted by atomic mass is 10.1. The van der Waals surface area contributed by atoms with Crippen LogP contribution in [0.2, 0.25) is 0 Å². The molecule has 1 aliphatic rings. The van der Waals surface area contributed by atoms with Crippen molar-refractivity contribution in [1.29, 1.82) is 0 Å². The molecule has 3 rings (SSSR count). The van der Waals surface area contributed by atoms with Gasteiger partial charge in [-0.05, 0) is 36.4 Å². The molecule has 1 amide bonds. The van der Waals surface area contributed by atoms with Crippen LogP contribution < -0.4 is 4.74 Å². The highest BCUT2D eigenvalue weighted by Gasteiger charge is 2.30. The Bertz CT molecular complexity index is 909. The Morgan fingerprint density at radius 1 is 1.04 bits per heavy atom. The van der Waals surface area contributed by atoms with E-state index in [2.05, 4.69) is 15.9 Å². The summed E-state index contributed by atoms with van der Waals surface area (Å²) in [5, 5.41) is 0. The van der Waals surface area contributed by atoms with E-state index >= 15 is 0 Å². The molecule has 26 heavy (non-hydrogen) atoms. The summed E-state index contributed by atoms with van der Waals surface area (Å²) < 4.78 is 32.8. The third-order valence-corrected chi connectivity index (χ3v) is 6.66. The van der Waals surface area contributed by atoms with Crippen molar-refractivity contribution in [2.75, 3.05) is 33.3 Å². The molecule has 0 aromatic heterocycles. The normalized spacial score (nSPS) is 15.7. The smallest absolute Gasteiger partial charge is 0.254 e. The summed E-state index contributed by atoms with van der Waals surface area (Å²) in [6.45, 7) is 1.24. The molecule has 0 atom stereocenters. The fourth-order valence-corrected chi connectivity index (χ4v) is 4.87. The van der Waals surface area contributed by atoms with E-state index < -0.39 is 10.0 Å². The largest absolute Gasteiger partial charge is 0.497 e. The van der Waals surface area contributed by atoms with Crippen molar-refractivity contribution in [3.05, 3.63) is 58.6 Å². The maximum absolute atomic E-state index is 12.8. The summed E-state index contributed by atoms with van der Waals surface area (Å²) in [6, 6.07) is 13.6. The van der Waals surface area contributed by atoms with Gasteiger partial charge in [0.2, 0.25) is 10.0 Å². The van der Waals surface area contributed by atoms with Crippen LogP contribution in [0.15, 0.2) is 57.9 Å². The van der Waals surface area contributed by atoms with Crippen LogP contribution in [0.25, 0.3) is 0 Å². The molecule has 0 N–H and O–H groups in total. The molecule has 1 aliphatic heterocycles. The number of nitrogens with zero attached hydrogens (tertiary/aromatic N) is 2. The SMILES string of the molecule is COc1cccc(C(=O)N2CCN(S(=O)(=O)c3cccc(Br)c3)CC2)c1. The minimum Gasteiger partial charge on any atom is -0.497 e. The number of ether oxygens (including phenoxy) is 1. The number of benzene rings is 2. The maximum Gasteiger partial charge on any atom is 0.254 e. The van der Waals surface area contributed by atoms with E-state index in [4.69, 9.17) is 4.74 Å². The van der Waals surface area contributed by atoms with Gasteiger partial charge in [0.05, 0.1) is 12.0 Å². The molecule has 0 bridgehead atoms. The zero-order valence-electron chi connectivity index (χ0n) is 14.3. The first-order chi connectivity index (χ1) is 12.4. The standard InChI is InChI=1S/C18H19BrN2O4S/c1-25-16-6-2-4-14(12-16)18(22)20-8-10-21(11-9-20)26(23,24)17-7-3-5-15(19)13-17/h2-7,12-13H,8-11H2,1H3. The molecule has 2 aromatic carbocycles. The Morgan fingerprint density at radius 2 is 1.73 bits per heavy atom. The zero-order chi connectivity index (χ0) is 18.7. The summed E-state index contributed by atoms with van der Waals surface area (Å²) in [5.74, 6) is 0.495. The predicted octanol–water partition coefficient (Wildman–Crippen LogP) is 2.60. The first-order valence-corrected chi connectivity index (χ1v) is 10.3. The van der Waals surface area contributed by atoms with Gasteiger partial charge in [-0.25, -0.2) is 8.42 Å². The summed E-state index contributed by atoms with van der Waals surface area (Å²) >= 11 is 3.30. The molecule has 138 valence electrons. The van der Waals surface area contributed by atoms with Gasteiger partial charge in [-0.3, -0.25) is 4.79 Å². The number of piperazine rings is 1. The number of amides is 1. The van der Waals surface area contributed by atoms with Crippen molar-refractivity contribution in [3.63, 3.8) is 0 Å². The molecule has 0 radical (unpaired) electrons. The van der Waals surface area contributed by atoms with Crippen LogP contribution >= 0.6 is 15.9 Å². The summed E-state index contributed by atoms with van der Waals surface area (Å²) in [5.41, 5.74) is 0.535. The van der Waals surface area contributed by atoms with Crippen molar-refractivity contribution in [2.45, 2.75) is 4.90 Å². The quantitative estimate of drug-likeness (QED) is 0.735. The third kappa shape index (κ3) is 3.92. The fourth-order valence-electron chi connectivity index (χ4n) is 2.85. The third-order valence-electron chi connectivity index (χ3n) is 4.28. The Balaban J connectivity index is 1.69. The van der Waals surface area contributed by atoms with Gasteiger partial charge in [-0.2, -0.15) is 4.31 Å². The number of rotatable bonds is 4. The van der Waals surface area contributed by atoms with E-state index in [1.807, 2.05) is 0 Å². The van der Waals surface area contributed by atoms with E-state index in [0.29, 0.717) is 28.9 Å². The highest BCUT2D eigenvalue weighted by atomic mass is 79.9. The van der Waals surface area contributed by atoms with Crippen LogP contribution in [-0.4, -0.2) is 56.8 Å². The second kappa shape index (κ2) is 7.77. The average Bonchev–Trinajstić information content (AvgIpc) is 2.67. The molecule has 0 aliphatic carbocycles. The summed E-state index contributed by atoms with van der Waals surface area (Å²) in [6.07, 6.45) is 0. The minimum atomic E-state index is -3.56. The Morgan fingerprint density at radius 3 is 2.38 bits per heavy atom. The highest BCUT2D eigenvalue weighted by molar-refractivity contribution is 9.10. The van der Waals surface area contributed by atoms with Gasteiger partial charge in [0.1, 0.15) is 5.75 Å². The summed E-state index contributed by atoms with van der Waals surface area (Å²) in [7, 11) is -2.01. The molecule has 0 spiro atoms. The molecule has 8 heteroatoms. The minimum absolute atomic E-state index is 0.122. The van der Waals surface area contributed by atoms with Crippen LogP contribution in [0.5, 0.6) is 5.75 Å². The number of carbonyl (C=O) groups excluding carboxylic acids is 1. The van der Waals surface area contributed by atoms with Crippen LogP contribution in [0.3, 0.4) is 0 Å². The molecule has 1 fully saturated rings. The van der Waals surface area contributed by atoms with Crippen LogP contribution in [0, 0.1) is 0 Å². The van der Waals surface area contributed by atoms with Crippen molar-refractivity contribution >= 4 is 31.9 Å². The van der Waals surface area contributed by atoms with Gasteiger partial charge in [-0.1, -0.05) is 28.1 Å². The number of methoxy groups -OCH3 is 1. The molecular formula is C18H19BrN2O4S. The van der Waals surface area contributed by atoms with Crippen molar-refractivity contribution in [3.8, 4) is 5.75 Å². The lowest BCUT2D eigenvalue weighted by Gasteiger charge is -2.34. The Labute approximate surface area is 161 Å². The molecule has 0 saturated carbocycles. The van der Waals surface area contributed by atoms with Crippen molar-refractivity contribution in [1.82, 2.24) is 9.21 Å². The average molecular weight is 439 g/mol. The second-order valence-corrected chi connectivity index (χ2v) is 8.74. The van der Waals surface area contributed by atoms with E-state index in [9.17, 15) is 13.2 Å². The maximum atomic E-state index is 12.8. The molecule has 2 aromatic rings. The van der Waals surface area contributed by atoms with Gasteiger partial charge in [0.25, 0.3) is 5.91 Å².